The van der Waals surface area contributed by atoms with E-state index >= 15 is 0 Å². The molecule has 1 aliphatic rings. The van der Waals surface area contributed by atoms with E-state index in [4.69, 9.17) is 0 Å². The zero-order valence-corrected chi connectivity index (χ0v) is 18.0. The zero-order chi connectivity index (χ0) is 20.6. The molecule has 0 aliphatic carbocycles. The molecule has 6 heteroatoms. The van der Waals surface area contributed by atoms with Gasteiger partial charge in [-0.3, -0.25) is 0 Å². The number of quaternary nitrogens is 1. The van der Waals surface area contributed by atoms with Gasteiger partial charge in [-0.15, -0.1) is 0 Å². The van der Waals surface area contributed by atoms with Crippen molar-refractivity contribution in [3.8, 4) is 0 Å². The summed E-state index contributed by atoms with van der Waals surface area (Å²) in [6, 6.07) is 16.6. The Balaban J connectivity index is 0.000000306. The van der Waals surface area contributed by atoms with Crippen LogP contribution in [0.5, 0.6) is 0 Å². The van der Waals surface area contributed by atoms with Crippen LogP contribution in [0.2, 0.25) is 0 Å². The molecule has 1 aliphatic heterocycles. The van der Waals surface area contributed by atoms with Crippen molar-refractivity contribution >= 4 is 15.8 Å². The molecule has 0 N–H and O–H groups in total. The van der Waals surface area contributed by atoms with E-state index in [-0.39, 0.29) is 12.3 Å². The molecule has 0 aromatic heterocycles. The zero-order valence-electron chi connectivity index (χ0n) is 17.2. The maximum Gasteiger partial charge on any atom is 0.124 e. The van der Waals surface area contributed by atoms with E-state index < -0.39 is 10.1 Å². The van der Waals surface area contributed by atoms with Crippen molar-refractivity contribution in [2.75, 3.05) is 44.2 Å². The fraction of sp³-hybridized carbons (Fsp3) is 0.478. The van der Waals surface area contributed by atoms with Gasteiger partial charge in [0.05, 0.1) is 37.6 Å². The van der Waals surface area contributed by atoms with Crippen molar-refractivity contribution in [3.05, 3.63) is 60.2 Å². The summed E-state index contributed by atoms with van der Waals surface area (Å²) in [6.07, 6.45) is 1.32. The van der Waals surface area contributed by atoms with Crippen molar-refractivity contribution < 1.29 is 17.5 Å². The molecule has 1 saturated heterocycles. The lowest BCUT2D eigenvalue weighted by Crippen LogP contribution is -2.50. The lowest BCUT2D eigenvalue weighted by atomic mass is 10.2. The molecule has 5 nitrogen and oxygen atoms in total. The molecule has 0 amide bonds. The van der Waals surface area contributed by atoms with Crippen molar-refractivity contribution in [3.63, 3.8) is 0 Å². The minimum absolute atomic E-state index is 0. The molecule has 29 heavy (non-hydrogen) atoms. The number of hydrogen-bond acceptors (Lipinski definition) is 4. The van der Waals surface area contributed by atoms with Crippen LogP contribution in [-0.2, 0) is 10.1 Å². The molecular formula is C23H36N2O3S. The average molecular weight is 421 g/mol. The van der Waals surface area contributed by atoms with Crippen LogP contribution in [0.25, 0.3) is 0 Å². The predicted molar refractivity (Wildman–Crippen MR) is 120 cm³/mol. The summed E-state index contributed by atoms with van der Waals surface area (Å²) in [4.78, 5) is 2.37. The lowest BCUT2D eigenvalue weighted by Gasteiger charge is -2.35. The number of hydrogen-bond donors (Lipinski definition) is 0. The fourth-order valence-electron chi connectivity index (χ4n) is 3.61. The Kier molecular flexibility index (Phi) is 9.83. The molecule has 1 heterocycles. The summed E-state index contributed by atoms with van der Waals surface area (Å²) in [5.41, 5.74) is 2.32. The average Bonchev–Trinajstić information content (AvgIpc) is 2.92. The van der Waals surface area contributed by atoms with E-state index in [1.807, 2.05) is 6.92 Å². The van der Waals surface area contributed by atoms with Crippen molar-refractivity contribution in [2.24, 2.45) is 0 Å². The summed E-state index contributed by atoms with van der Waals surface area (Å²) in [5.74, 6) is 0. The second kappa shape index (κ2) is 11.3. The molecule has 0 spiro atoms. The van der Waals surface area contributed by atoms with E-state index in [9.17, 15) is 13.0 Å². The first kappa shape index (κ1) is 25.1. The first-order valence-corrected chi connectivity index (χ1v) is 11.4. The Morgan fingerprint density at radius 2 is 1.52 bits per heavy atom. The van der Waals surface area contributed by atoms with Gasteiger partial charge < -0.3 is 13.9 Å². The van der Waals surface area contributed by atoms with Gasteiger partial charge in [-0.2, -0.15) is 0 Å². The molecule has 2 aromatic rings. The quantitative estimate of drug-likeness (QED) is 0.547. The highest BCUT2D eigenvalue weighted by Crippen LogP contribution is 2.19. The second-order valence-corrected chi connectivity index (χ2v) is 8.74. The fourth-order valence-corrected chi connectivity index (χ4v) is 4.08. The van der Waals surface area contributed by atoms with Crippen LogP contribution in [0.1, 0.15) is 33.3 Å². The molecular weight excluding hydrogens is 384 g/mol. The maximum absolute atomic E-state index is 10.4. The maximum atomic E-state index is 10.4. The third kappa shape index (κ3) is 7.46. The molecule has 3 rings (SSSR count). The number of likely N-dealkylation sites (N-methyl/N-ethyl adjacent to an activating group) is 1. The van der Waals surface area contributed by atoms with Gasteiger partial charge in [0.1, 0.15) is 10.1 Å². The number of anilines is 1. The van der Waals surface area contributed by atoms with E-state index in [1.54, 1.807) is 12.1 Å². The highest BCUT2D eigenvalue weighted by atomic mass is 32.2. The molecule has 0 unspecified atom stereocenters. The predicted octanol–water partition coefficient (Wildman–Crippen LogP) is 4.29. The molecule has 0 radical (unpaired) electrons. The minimum atomic E-state index is -4.27. The largest absolute Gasteiger partial charge is 0.744 e. The van der Waals surface area contributed by atoms with Crippen molar-refractivity contribution in [2.45, 2.75) is 39.5 Å². The van der Waals surface area contributed by atoms with Crippen LogP contribution >= 0.6 is 0 Å². The third-order valence-corrected chi connectivity index (χ3v) is 6.53. The standard InChI is InChI=1S/C15H25N2.C7H8O3S.CH4/c1-3-17(4-2)13-8-11-16(12-14-17)15-9-6-5-7-10-15;1-6-2-4-7(5-3-6)11(8,9)10;/h5-7,9-10H,3-4,8,11-14H2,1-2H3;2-5H,1H3,(H,8,9,10);1H4/q+1;;/p-1. The van der Waals surface area contributed by atoms with Crippen LogP contribution in [0.4, 0.5) is 5.69 Å². The van der Waals surface area contributed by atoms with Crippen LogP contribution in [-0.4, -0.2) is 56.7 Å². The van der Waals surface area contributed by atoms with Gasteiger partial charge in [0.15, 0.2) is 0 Å². The Morgan fingerprint density at radius 3 is 2.03 bits per heavy atom. The Labute approximate surface area is 177 Å². The summed E-state index contributed by atoms with van der Waals surface area (Å²) in [7, 11) is -4.27. The Hall–Kier alpha value is -1.89. The van der Waals surface area contributed by atoms with Gasteiger partial charge in [0.2, 0.25) is 0 Å². The van der Waals surface area contributed by atoms with Gasteiger partial charge in [-0.05, 0) is 45.0 Å². The second-order valence-electron chi connectivity index (χ2n) is 7.36. The highest BCUT2D eigenvalue weighted by Gasteiger charge is 2.27. The van der Waals surface area contributed by atoms with Crippen LogP contribution in [0.3, 0.4) is 0 Å². The highest BCUT2D eigenvalue weighted by molar-refractivity contribution is 7.85. The van der Waals surface area contributed by atoms with Gasteiger partial charge in [-0.25, -0.2) is 8.42 Å². The molecule has 0 bridgehead atoms. The van der Waals surface area contributed by atoms with E-state index in [1.165, 1.54) is 68.0 Å². The summed E-state index contributed by atoms with van der Waals surface area (Å²) < 4.78 is 32.5. The van der Waals surface area contributed by atoms with Gasteiger partial charge in [-0.1, -0.05) is 43.3 Å². The number of nitrogens with zero attached hydrogens (tertiary/aromatic N) is 2. The molecule has 0 atom stereocenters. The first-order valence-electron chi connectivity index (χ1n) is 9.97. The monoisotopic (exact) mass is 420 g/mol. The molecule has 2 aromatic carbocycles. The van der Waals surface area contributed by atoms with Gasteiger partial charge in [0, 0.05) is 18.7 Å². The number of benzene rings is 2. The minimum Gasteiger partial charge on any atom is -0.744 e. The Morgan fingerprint density at radius 1 is 0.931 bits per heavy atom. The first-order chi connectivity index (χ1) is 13.3. The number of para-hydroxylation sites is 1. The van der Waals surface area contributed by atoms with Gasteiger partial charge >= 0.3 is 0 Å². The number of rotatable bonds is 4. The summed E-state index contributed by atoms with van der Waals surface area (Å²) in [5, 5.41) is 0. The molecule has 0 saturated carbocycles. The topological polar surface area (TPSA) is 60.4 Å². The third-order valence-electron chi connectivity index (χ3n) is 5.68. The smallest absolute Gasteiger partial charge is 0.124 e. The Bertz CT molecular complexity index is 817. The summed E-state index contributed by atoms with van der Waals surface area (Å²) in [6.45, 7) is 14.1. The van der Waals surface area contributed by atoms with E-state index in [2.05, 4.69) is 49.1 Å². The molecule has 162 valence electrons. The molecule has 1 fully saturated rings. The van der Waals surface area contributed by atoms with Gasteiger partial charge in [0.25, 0.3) is 0 Å². The van der Waals surface area contributed by atoms with Crippen molar-refractivity contribution in [1.29, 1.82) is 0 Å². The lowest BCUT2D eigenvalue weighted by molar-refractivity contribution is -0.922. The SMILES string of the molecule is C.CC[N+]1(CC)CCCN(c2ccccc2)CC1.Cc1ccc(S(=O)(=O)[O-])cc1. The van der Waals surface area contributed by atoms with Crippen molar-refractivity contribution in [1.82, 2.24) is 0 Å². The van der Waals surface area contributed by atoms with Crippen LogP contribution in [0, 0.1) is 6.92 Å². The normalized spacial score (nSPS) is 16.1. The number of aryl methyl sites for hydroxylation is 1. The van der Waals surface area contributed by atoms with E-state index in [0.717, 1.165) is 5.56 Å². The van der Waals surface area contributed by atoms with Crippen LogP contribution < -0.4 is 4.90 Å². The van der Waals surface area contributed by atoms with E-state index in [0.29, 0.717) is 0 Å². The summed E-state index contributed by atoms with van der Waals surface area (Å²) >= 11 is 0. The van der Waals surface area contributed by atoms with Crippen LogP contribution in [0.15, 0.2) is 59.5 Å².